The number of aliphatic imine (C=N–C) groups is 1. The summed E-state index contributed by atoms with van der Waals surface area (Å²) in [6.07, 6.45) is 2.34. The fraction of sp³-hybridized carbons (Fsp3) is 0.355. The van der Waals surface area contributed by atoms with Gasteiger partial charge in [0.05, 0.1) is 35.3 Å². The van der Waals surface area contributed by atoms with Crippen molar-refractivity contribution in [3.63, 3.8) is 0 Å². The number of fused-ring (bicyclic) bond motifs is 1. The molecule has 1 aromatic heterocycles. The fourth-order valence-electron chi connectivity index (χ4n) is 5.46. The van der Waals surface area contributed by atoms with Crippen LogP contribution >= 0.6 is 0 Å². The zero-order valence-electron chi connectivity index (χ0n) is 22.0. The molecule has 0 aliphatic heterocycles. The van der Waals surface area contributed by atoms with Crippen molar-refractivity contribution in [1.29, 1.82) is 0 Å². The number of benzene rings is 2. The topological polar surface area (TPSA) is 102 Å². The van der Waals surface area contributed by atoms with E-state index in [4.69, 9.17) is 14.3 Å². The maximum Gasteiger partial charge on any atom is 0.168 e. The Hall–Kier alpha value is -4.00. The van der Waals surface area contributed by atoms with E-state index < -0.39 is 0 Å². The van der Waals surface area contributed by atoms with E-state index in [0.717, 1.165) is 5.56 Å². The van der Waals surface area contributed by atoms with Crippen molar-refractivity contribution >= 4 is 23.0 Å². The van der Waals surface area contributed by atoms with Crippen LogP contribution in [0.2, 0.25) is 0 Å². The molecule has 0 bridgehead atoms. The number of ketones is 2. The third kappa shape index (κ3) is 5.32. The highest BCUT2D eigenvalue weighted by Crippen LogP contribution is 2.38. The summed E-state index contributed by atoms with van der Waals surface area (Å²) in [5.74, 6) is 1.21. The SMILES string of the molecule is COc1ccc(N=C2CC(C)(C)CC(=O)/C2=C(/O)CCc2noc3c2C(=O)CC(c2ccccc2)C3)cc1. The zero-order chi connectivity index (χ0) is 26.9. The van der Waals surface area contributed by atoms with Gasteiger partial charge in [-0.25, -0.2) is 0 Å². The van der Waals surface area contributed by atoms with Gasteiger partial charge in [-0.05, 0) is 47.6 Å². The Bertz CT molecular complexity index is 1410. The first-order chi connectivity index (χ1) is 18.2. The number of carbonyl (C=O) groups is 2. The van der Waals surface area contributed by atoms with Gasteiger partial charge in [-0.3, -0.25) is 14.6 Å². The summed E-state index contributed by atoms with van der Waals surface area (Å²) in [7, 11) is 1.60. The second-order valence-electron chi connectivity index (χ2n) is 10.9. The molecule has 0 saturated heterocycles. The third-order valence-corrected chi connectivity index (χ3v) is 7.32. The van der Waals surface area contributed by atoms with Crippen molar-refractivity contribution in [3.8, 4) is 5.75 Å². The van der Waals surface area contributed by atoms with E-state index in [2.05, 4.69) is 5.16 Å². The molecule has 1 atom stereocenters. The summed E-state index contributed by atoms with van der Waals surface area (Å²) < 4.78 is 10.8. The van der Waals surface area contributed by atoms with E-state index >= 15 is 0 Å². The van der Waals surface area contributed by atoms with E-state index in [-0.39, 0.29) is 40.7 Å². The lowest BCUT2D eigenvalue weighted by Gasteiger charge is -2.31. The number of hydrogen-bond donors (Lipinski definition) is 1. The van der Waals surface area contributed by atoms with Crippen molar-refractivity contribution in [3.05, 3.63) is 88.5 Å². The molecule has 0 spiro atoms. The number of rotatable bonds is 6. The Morgan fingerprint density at radius 1 is 1.05 bits per heavy atom. The second kappa shape index (κ2) is 10.4. The molecule has 0 amide bonds. The summed E-state index contributed by atoms with van der Waals surface area (Å²) in [5, 5.41) is 15.3. The van der Waals surface area contributed by atoms with E-state index in [1.54, 1.807) is 7.11 Å². The molecule has 2 aliphatic carbocycles. The number of aryl methyl sites for hydroxylation is 1. The molecular formula is C31H32N2O5. The highest BCUT2D eigenvalue weighted by molar-refractivity contribution is 6.25. The van der Waals surface area contributed by atoms with Gasteiger partial charge < -0.3 is 14.4 Å². The van der Waals surface area contributed by atoms with Crippen molar-refractivity contribution in [2.24, 2.45) is 10.4 Å². The summed E-state index contributed by atoms with van der Waals surface area (Å²) >= 11 is 0. The van der Waals surface area contributed by atoms with Crippen molar-refractivity contribution < 1.29 is 24.0 Å². The lowest BCUT2D eigenvalue weighted by Crippen LogP contribution is -2.32. The molecule has 196 valence electrons. The summed E-state index contributed by atoms with van der Waals surface area (Å²) in [4.78, 5) is 31.0. The number of carbonyl (C=O) groups excluding carboxylic acids is 2. The van der Waals surface area contributed by atoms with Crippen LogP contribution in [0.4, 0.5) is 5.69 Å². The van der Waals surface area contributed by atoms with Crippen molar-refractivity contribution in [2.75, 3.05) is 7.11 Å². The molecule has 1 N–H and O–H groups in total. The molecule has 2 aromatic carbocycles. The zero-order valence-corrected chi connectivity index (χ0v) is 22.0. The van der Waals surface area contributed by atoms with E-state index in [9.17, 15) is 14.7 Å². The number of ether oxygens (including phenoxy) is 1. The summed E-state index contributed by atoms with van der Waals surface area (Å²) in [6.45, 7) is 4.05. The quantitative estimate of drug-likeness (QED) is 0.299. The second-order valence-corrected chi connectivity index (χ2v) is 10.9. The minimum absolute atomic E-state index is 0.000690. The average Bonchev–Trinajstić information content (AvgIpc) is 3.31. The Balaban J connectivity index is 1.38. The van der Waals surface area contributed by atoms with Crippen LogP contribution in [-0.2, 0) is 17.6 Å². The van der Waals surface area contributed by atoms with Gasteiger partial charge in [0, 0.05) is 32.1 Å². The molecule has 1 saturated carbocycles. The van der Waals surface area contributed by atoms with Crippen LogP contribution in [0, 0.1) is 5.41 Å². The number of methoxy groups -OCH3 is 1. The minimum atomic E-state index is -0.265. The van der Waals surface area contributed by atoms with E-state index in [1.807, 2.05) is 68.4 Å². The van der Waals surface area contributed by atoms with Crippen molar-refractivity contribution in [1.82, 2.24) is 5.16 Å². The molecule has 3 aromatic rings. The van der Waals surface area contributed by atoms with Gasteiger partial charge in [0.2, 0.25) is 0 Å². The summed E-state index contributed by atoms with van der Waals surface area (Å²) in [6, 6.07) is 17.2. The van der Waals surface area contributed by atoms with Crippen LogP contribution in [-0.4, -0.2) is 34.7 Å². The predicted molar refractivity (Wildman–Crippen MR) is 144 cm³/mol. The largest absolute Gasteiger partial charge is 0.511 e. The maximum atomic E-state index is 13.2. The van der Waals surface area contributed by atoms with E-state index in [0.29, 0.717) is 66.3 Å². The van der Waals surface area contributed by atoms with Gasteiger partial charge >= 0.3 is 0 Å². The molecule has 2 aliphatic rings. The van der Waals surface area contributed by atoms with Crippen molar-refractivity contribution in [2.45, 2.75) is 58.3 Å². The van der Waals surface area contributed by atoms with Crippen LogP contribution in [0.25, 0.3) is 0 Å². The van der Waals surface area contributed by atoms with Crippen LogP contribution in [0.15, 0.2) is 75.4 Å². The lowest BCUT2D eigenvalue weighted by atomic mass is 9.73. The monoisotopic (exact) mass is 512 g/mol. The fourth-order valence-corrected chi connectivity index (χ4v) is 5.46. The van der Waals surface area contributed by atoms with Crippen LogP contribution in [0.3, 0.4) is 0 Å². The minimum Gasteiger partial charge on any atom is -0.511 e. The third-order valence-electron chi connectivity index (χ3n) is 7.32. The Morgan fingerprint density at radius 2 is 1.79 bits per heavy atom. The van der Waals surface area contributed by atoms with E-state index in [1.165, 1.54) is 0 Å². The predicted octanol–water partition coefficient (Wildman–Crippen LogP) is 6.50. The first-order valence-electron chi connectivity index (χ1n) is 13.0. The molecule has 7 heteroatoms. The average molecular weight is 513 g/mol. The number of Topliss-reactive ketones (excluding diaryl/α,β-unsaturated/α-hetero) is 2. The number of allylic oxidation sites excluding steroid dienone is 2. The molecule has 1 unspecified atom stereocenters. The standard InChI is InChI=1S/C31H32N2O5/c1-31(2)17-24(32-21-9-11-22(37-3)12-10-21)29(27(36)18-31)25(34)14-13-23-30-26(35)15-20(16-28(30)38-33-23)19-7-5-4-6-8-19/h4-12,20,34H,13-18H2,1-3H3/b29-25+,32-24?. The van der Waals surface area contributed by atoms with Crippen LogP contribution < -0.4 is 4.74 Å². The van der Waals surface area contributed by atoms with Gasteiger partial charge in [0.1, 0.15) is 17.3 Å². The Labute approximate surface area is 222 Å². The molecule has 1 heterocycles. The Kier molecular flexibility index (Phi) is 7.02. The number of hydrogen-bond acceptors (Lipinski definition) is 7. The van der Waals surface area contributed by atoms with Crippen LogP contribution in [0.1, 0.15) is 72.8 Å². The van der Waals surface area contributed by atoms with Crippen LogP contribution in [0.5, 0.6) is 5.75 Å². The number of nitrogens with zero attached hydrogens (tertiary/aromatic N) is 2. The highest BCUT2D eigenvalue weighted by atomic mass is 16.5. The number of aromatic nitrogens is 1. The van der Waals surface area contributed by atoms with Gasteiger partial charge in [0.15, 0.2) is 11.6 Å². The van der Waals surface area contributed by atoms with Gasteiger partial charge in [-0.1, -0.05) is 49.3 Å². The molecule has 5 rings (SSSR count). The molecule has 38 heavy (non-hydrogen) atoms. The number of aliphatic hydroxyl groups is 1. The lowest BCUT2D eigenvalue weighted by molar-refractivity contribution is -0.117. The first-order valence-corrected chi connectivity index (χ1v) is 13.0. The molecule has 1 fully saturated rings. The molecule has 7 nitrogen and oxygen atoms in total. The first kappa shape index (κ1) is 25.6. The van der Waals surface area contributed by atoms with Gasteiger partial charge in [-0.15, -0.1) is 0 Å². The smallest absolute Gasteiger partial charge is 0.168 e. The number of aliphatic hydroxyl groups excluding tert-OH is 1. The van der Waals surface area contributed by atoms with Gasteiger partial charge in [0.25, 0.3) is 0 Å². The maximum absolute atomic E-state index is 13.2. The summed E-state index contributed by atoms with van der Waals surface area (Å²) in [5.41, 5.74) is 3.42. The Morgan fingerprint density at radius 3 is 2.50 bits per heavy atom. The normalized spacial score (nSPS) is 21.3. The molecular weight excluding hydrogens is 480 g/mol. The highest BCUT2D eigenvalue weighted by Gasteiger charge is 2.37. The van der Waals surface area contributed by atoms with Gasteiger partial charge in [-0.2, -0.15) is 0 Å². The molecule has 0 radical (unpaired) electrons.